The number of carbonyl (C=O) groups is 1. The second-order valence-electron chi connectivity index (χ2n) is 7.81. The number of carboxylic acid groups (broad SMARTS) is 1. The lowest BCUT2D eigenvalue weighted by Crippen LogP contribution is -2.36. The Morgan fingerprint density at radius 2 is 1.88 bits per heavy atom. The minimum Gasteiger partial charge on any atom is -0.478 e. The molecule has 2 saturated carbocycles. The van der Waals surface area contributed by atoms with Gasteiger partial charge in [-0.25, -0.2) is 13.6 Å². The van der Waals surface area contributed by atoms with E-state index in [4.69, 9.17) is 0 Å². The topological polar surface area (TPSA) is 49.3 Å². The molecule has 2 N–H and O–H groups in total. The Morgan fingerprint density at radius 1 is 1.08 bits per heavy atom. The summed E-state index contributed by atoms with van der Waals surface area (Å²) in [7, 11) is 0. The van der Waals surface area contributed by atoms with E-state index in [9.17, 15) is 18.7 Å². The van der Waals surface area contributed by atoms with E-state index in [1.807, 2.05) is 12.1 Å². The molecule has 2 aromatic rings. The van der Waals surface area contributed by atoms with Crippen LogP contribution in [0, 0.1) is 29.4 Å². The van der Waals surface area contributed by atoms with E-state index in [0.29, 0.717) is 23.1 Å². The fourth-order valence-corrected chi connectivity index (χ4v) is 5.73. The van der Waals surface area contributed by atoms with Crippen LogP contribution in [0.25, 0.3) is 0 Å². The predicted octanol–water partition coefficient (Wildman–Crippen LogP) is 4.96. The zero-order valence-corrected chi connectivity index (χ0v) is 14.1. The normalized spacial score (nSPS) is 31.2. The lowest BCUT2D eigenvalue weighted by Gasteiger charge is -2.44. The third-order valence-corrected chi connectivity index (χ3v) is 6.65. The molecule has 26 heavy (non-hydrogen) atoms. The number of anilines is 1. The molecule has 3 nitrogen and oxygen atoms in total. The van der Waals surface area contributed by atoms with E-state index in [2.05, 4.69) is 5.32 Å². The summed E-state index contributed by atoms with van der Waals surface area (Å²) in [5.41, 5.74) is 2.65. The standard InChI is InChI=1S/C21H19F2NO2/c22-15-7-6-12(9-16(15)23)19-18-11-5-4-10(8-11)17(18)13-2-1-3-14(21(25)26)20(13)24-19/h1-3,6-7,9-11,17-19,24H,4-5,8H2,(H,25,26)/t10-,11-,17-,18+,19-/m1/s1. The highest BCUT2D eigenvalue weighted by Gasteiger charge is 2.54. The first-order valence-electron chi connectivity index (χ1n) is 9.12. The summed E-state index contributed by atoms with van der Waals surface area (Å²) >= 11 is 0. The van der Waals surface area contributed by atoms with Gasteiger partial charge in [-0.3, -0.25) is 0 Å². The lowest BCUT2D eigenvalue weighted by molar-refractivity contribution is 0.0697. The highest BCUT2D eigenvalue weighted by Crippen LogP contribution is 2.64. The van der Waals surface area contributed by atoms with Crippen molar-refractivity contribution in [3.05, 3.63) is 64.7 Å². The summed E-state index contributed by atoms with van der Waals surface area (Å²) in [4.78, 5) is 11.7. The molecule has 1 heterocycles. The number of carboxylic acids is 1. The maximum atomic E-state index is 13.9. The third kappa shape index (κ3) is 2.12. The van der Waals surface area contributed by atoms with Gasteiger partial charge >= 0.3 is 5.97 Å². The number of hydrogen-bond acceptors (Lipinski definition) is 2. The fourth-order valence-electron chi connectivity index (χ4n) is 5.73. The van der Waals surface area contributed by atoms with Gasteiger partial charge in [0.05, 0.1) is 17.3 Å². The minimum atomic E-state index is -0.972. The summed E-state index contributed by atoms with van der Waals surface area (Å²) in [6.07, 6.45) is 3.45. The van der Waals surface area contributed by atoms with E-state index in [-0.39, 0.29) is 23.4 Å². The molecule has 0 saturated heterocycles. The zero-order valence-electron chi connectivity index (χ0n) is 14.1. The van der Waals surface area contributed by atoms with Gasteiger partial charge in [0.2, 0.25) is 0 Å². The zero-order chi connectivity index (χ0) is 18.0. The molecule has 1 aliphatic heterocycles. The Labute approximate surface area is 150 Å². The van der Waals surface area contributed by atoms with E-state index < -0.39 is 17.6 Å². The van der Waals surface area contributed by atoms with Crippen LogP contribution >= 0.6 is 0 Å². The molecule has 2 fully saturated rings. The summed E-state index contributed by atoms with van der Waals surface area (Å²) in [5, 5.41) is 13.0. The lowest BCUT2D eigenvalue weighted by atomic mass is 9.67. The Balaban J connectivity index is 1.67. The summed E-state index contributed by atoms with van der Waals surface area (Å²) in [6.45, 7) is 0. The largest absolute Gasteiger partial charge is 0.478 e. The first-order valence-corrected chi connectivity index (χ1v) is 9.12. The van der Waals surface area contributed by atoms with Crippen molar-refractivity contribution in [2.45, 2.75) is 31.2 Å². The molecular weight excluding hydrogens is 336 g/mol. The van der Waals surface area contributed by atoms with Crippen LogP contribution < -0.4 is 5.32 Å². The maximum absolute atomic E-state index is 13.9. The Bertz CT molecular complexity index is 913. The quantitative estimate of drug-likeness (QED) is 0.800. The third-order valence-electron chi connectivity index (χ3n) is 6.65. The predicted molar refractivity (Wildman–Crippen MR) is 93.2 cm³/mol. The van der Waals surface area contributed by atoms with Gasteiger partial charge < -0.3 is 10.4 Å². The molecule has 2 aliphatic carbocycles. The van der Waals surface area contributed by atoms with Crippen molar-refractivity contribution in [2.24, 2.45) is 17.8 Å². The molecular formula is C21H19F2NO2. The minimum absolute atomic E-state index is 0.196. The molecule has 2 bridgehead atoms. The van der Waals surface area contributed by atoms with Gasteiger partial charge in [-0.05, 0) is 72.3 Å². The van der Waals surface area contributed by atoms with Gasteiger partial charge in [0.25, 0.3) is 0 Å². The first-order chi connectivity index (χ1) is 12.5. The van der Waals surface area contributed by atoms with Crippen LogP contribution in [0.4, 0.5) is 14.5 Å². The average Bonchev–Trinajstić information content (AvgIpc) is 3.25. The van der Waals surface area contributed by atoms with Gasteiger partial charge in [0, 0.05) is 0 Å². The number of halogens is 2. The summed E-state index contributed by atoms with van der Waals surface area (Å²) < 4.78 is 27.3. The van der Waals surface area contributed by atoms with Crippen molar-refractivity contribution in [3.8, 4) is 0 Å². The van der Waals surface area contributed by atoms with Crippen molar-refractivity contribution < 1.29 is 18.7 Å². The van der Waals surface area contributed by atoms with Crippen LogP contribution in [-0.2, 0) is 0 Å². The highest BCUT2D eigenvalue weighted by molar-refractivity contribution is 5.95. The SMILES string of the molecule is O=C(O)c1cccc2c1N[C@H](c1ccc(F)c(F)c1)[C@H]1[C@@H]3CC[C@H](C3)[C@H]21. The molecule has 5 atom stereocenters. The van der Waals surface area contributed by atoms with Crippen molar-refractivity contribution in [2.75, 3.05) is 5.32 Å². The van der Waals surface area contributed by atoms with Gasteiger partial charge in [-0.15, -0.1) is 0 Å². The first kappa shape index (κ1) is 15.8. The van der Waals surface area contributed by atoms with E-state index >= 15 is 0 Å². The number of benzene rings is 2. The molecule has 0 spiro atoms. The smallest absolute Gasteiger partial charge is 0.337 e. The van der Waals surface area contributed by atoms with Gasteiger partial charge in [0.1, 0.15) is 0 Å². The number of hydrogen-bond donors (Lipinski definition) is 2. The van der Waals surface area contributed by atoms with Crippen LogP contribution in [0.2, 0.25) is 0 Å². The molecule has 0 radical (unpaired) electrons. The summed E-state index contributed by atoms with van der Waals surface area (Å²) in [6, 6.07) is 9.27. The van der Waals surface area contributed by atoms with Crippen LogP contribution in [-0.4, -0.2) is 11.1 Å². The number of para-hydroxylation sites is 1. The van der Waals surface area contributed by atoms with Gasteiger partial charge in [-0.1, -0.05) is 18.2 Å². The monoisotopic (exact) mass is 355 g/mol. The molecule has 5 rings (SSSR count). The van der Waals surface area contributed by atoms with Crippen molar-refractivity contribution in [1.82, 2.24) is 0 Å². The van der Waals surface area contributed by atoms with E-state index in [0.717, 1.165) is 30.9 Å². The Morgan fingerprint density at radius 3 is 2.65 bits per heavy atom. The average molecular weight is 355 g/mol. The summed E-state index contributed by atoms with van der Waals surface area (Å²) in [5.74, 6) is -1.04. The second-order valence-corrected chi connectivity index (χ2v) is 7.81. The molecule has 3 aliphatic rings. The number of rotatable bonds is 2. The molecule has 134 valence electrons. The van der Waals surface area contributed by atoms with Crippen LogP contribution in [0.5, 0.6) is 0 Å². The van der Waals surface area contributed by atoms with Crippen LogP contribution in [0.15, 0.2) is 36.4 Å². The van der Waals surface area contributed by atoms with E-state index in [1.165, 1.54) is 6.07 Å². The van der Waals surface area contributed by atoms with Gasteiger partial charge in [0.15, 0.2) is 11.6 Å². The maximum Gasteiger partial charge on any atom is 0.337 e. The van der Waals surface area contributed by atoms with Crippen molar-refractivity contribution in [3.63, 3.8) is 0 Å². The highest BCUT2D eigenvalue weighted by atomic mass is 19.2. The van der Waals surface area contributed by atoms with E-state index in [1.54, 1.807) is 12.1 Å². The molecule has 2 aromatic carbocycles. The van der Waals surface area contributed by atoms with Crippen molar-refractivity contribution in [1.29, 1.82) is 0 Å². The molecule has 0 aromatic heterocycles. The Hall–Kier alpha value is -2.43. The number of nitrogens with one attached hydrogen (secondary N) is 1. The number of fused-ring (bicyclic) bond motifs is 7. The van der Waals surface area contributed by atoms with Crippen LogP contribution in [0.3, 0.4) is 0 Å². The fraction of sp³-hybridized carbons (Fsp3) is 0.381. The molecule has 5 heteroatoms. The Kier molecular flexibility index (Phi) is 3.36. The number of aromatic carboxylic acids is 1. The molecule has 0 amide bonds. The molecule has 0 unspecified atom stereocenters. The van der Waals surface area contributed by atoms with Crippen molar-refractivity contribution >= 4 is 11.7 Å². The second kappa shape index (κ2) is 5.53. The van der Waals surface area contributed by atoms with Crippen LogP contribution in [0.1, 0.15) is 52.7 Å². The van der Waals surface area contributed by atoms with Gasteiger partial charge in [-0.2, -0.15) is 0 Å².